The van der Waals surface area contributed by atoms with Gasteiger partial charge in [-0.25, -0.2) is 9.78 Å². The van der Waals surface area contributed by atoms with Crippen LogP contribution in [0.5, 0.6) is 0 Å². The summed E-state index contributed by atoms with van der Waals surface area (Å²) in [5.74, 6) is -0.674. The Morgan fingerprint density at radius 2 is 1.85 bits per heavy atom. The monoisotopic (exact) mass is 450 g/mol. The van der Waals surface area contributed by atoms with Gasteiger partial charge in [-0.05, 0) is 25.0 Å². The zero-order valence-corrected chi connectivity index (χ0v) is 17.2. The van der Waals surface area contributed by atoms with Crippen LogP contribution >= 0.6 is 0 Å². The van der Waals surface area contributed by atoms with E-state index in [9.17, 15) is 24.5 Å². The molecule has 0 fully saturated rings. The number of amides is 3. The molecule has 1 unspecified atom stereocenters. The van der Waals surface area contributed by atoms with Crippen molar-refractivity contribution in [3.63, 3.8) is 0 Å². The molecule has 2 N–H and O–H groups in total. The lowest BCUT2D eigenvalue weighted by atomic mass is 10.1. The topological polar surface area (TPSA) is 159 Å². The maximum absolute atomic E-state index is 13.0. The first-order valence-corrected chi connectivity index (χ1v) is 9.96. The third-order valence-corrected chi connectivity index (χ3v) is 5.15. The normalized spacial score (nSPS) is 13.6. The molecule has 1 aliphatic rings. The van der Waals surface area contributed by atoms with Crippen LogP contribution in [0.25, 0.3) is 11.3 Å². The molecule has 2 heterocycles. The van der Waals surface area contributed by atoms with Crippen molar-refractivity contribution < 1.29 is 28.5 Å². The lowest BCUT2D eigenvalue weighted by molar-refractivity contribution is -0.384. The summed E-state index contributed by atoms with van der Waals surface area (Å²) < 4.78 is 10.6. The number of hydrogen-bond donors (Lipinski definition) is 1. The molecule has 1 aliphatic heterocycles. The zero-order chi connectivity index (χ0) is 23.5. The second-order valence-corrected chi connectivity index (χ2v) is 7.22. The number of aromatic nitrogens is 1. The maximum atomic E-state index is 13.0. The Morgan fingerprint density at radius 3 is 2.48 bits per heavy atom. The van der Waals surface area contributed by atoms with Crippen LogP contribution in [0.1, 0.15) is 45.5 Å². The predicted molar refractivity (Wildman–Crippen MR) is 113 cm³/mol. The smallest absolute Gasteiger partial charge is 0.404 e. The van der Waals surface area contributed by atoms with E-state index in [2.05, 4.69) is 4.98 Å². The van der Waals surface area contributed by atoms with Crippen molar-refractivity contribution in [2.75, 3.05) is 6.61 Å². The van der Waals surface area contributed by atoms with E-state index in [1.807, 2.05) is 0 Å². The fourth-order valence-corrected chi connectivity index (χ4v) is 3.65. The van der Waals surface area contributed by atoms with E-state index in [-0.39, 0.29) is 47.9 Å². The highest BCUT2D eigenvalue weighted by molar-refractivity contribution is 6.21. The van der Waals surface area contributed by atoms with E-state index in [0.29, 0.717) is 5.56 Å². The summed E-state index contributed by atoms with van der Waals surface area (Å²) in [4.78, 5) is 52.8. The van der Waals surface area contributed by atoms with Crippen molar-refractivity contribution >= 4 is 23.6 Å². The van der Waals surface area contributed by atoms with Gasteiger partial charge >= 0.3 is 6.09 Å². The number of oxazole rings is 1. The Kier molecular flexibility index (Phi) is 5.85. The zero-order valence-electron chi connectivity index (χ0n) is 17.2. The SMILES string of the molecule is NC(=O)OCCCC(c1ncc(-c2cccc([N+](=O)[O-])c2)o1)N1C(=O)c2ccccc2C1=O. The van der Waals surface area contributed by atoms with Gasteiger partial charge in [-0.2, -0.15) is 0 Å². The van der Waals surface area contributed by atoms with E-state index < -0.39 is 28.9 Å². The summed E-state index contributed by atoms with van der Waals surface area (Å²) in [7, 11) is 0. The Morgan fingerprint density at radius 1 is 1.15 bits per heavy atom. The molecule has 2 aromatic carbocycles. The second-order valence-electron chi connectivity index (χ2n) is 7.22. The average Bonchev–Trinajstić information content (AvgIpc) is 3.39. The number of carbonyl (C=O) groups is 3. The van der Waals surface area contributed by atoms with Gasteiger partial charge in [-0.15, -0.1) is 0 Å². The molecule has 1 aromatic heterocycles. The van der Waals surface area contributed by atoms with Crippen molar-refractivity contribution in [2.24, 2.45) is 5.73 Å². The summed E-state index contributed by atoms with van der Waals surface area (Å²) in [6.45, 7) is -0.0204. The van der Waals surface area contributed by atoms with Crippen LogP contribution in [0.2, 0.25) is 0 Å². The molecule has 0 spiro atoms. The number of nitrogens with two attached hydrogens (primary N) is 1. The molecule has 168 valence electrons. The first kappa shape index (κ1) is 21.7. The number of primary amides is 1. The highest BCUT2D eigenvalue weighted by atomic mass is 16.6. The molecule has 3 amide bonds. The highest BCUT2D eigenvalue weighted by Crippen LogP contribution is 2.35. The largest absolute Gasteiger partial charge is 0.450 e. The third-order valence-electron chi connectivity index (χ3n) is 5.15. The van der Waals surface area contributed by atoms with E-state index in [1.54, 1.807) is 30.3 Å². The number of carbonyl (C=O) groups excluding carboxylic acids is 3. The van der Waals surface area contributed by atoms with Gasteiger partial charge in [0, 0.05) is 17.7 Å². The predicted octanol–water partition coefficient (Wildman–Crippen LogP) is 3.46. The molecule has 0 saturated carbocycles. The Hall–Kier alpha value is -4.54. The summed E-state index contributed by atoms with van der Waals surface area (Å²) in [6, 6.07) is 11.4. The molecular weight excluding hydrogens is 432 g/mol. The molecule has 3 aromatic rings. The second kappa shape index (κ2) is 8.91. The molecule has 11 heteroatoms. The number of non-ortho nitro benzene ring substituents is 1. The van der Waals surface area contributed by atoms with Crippen molar-refractivity contribution in [1.29, 1.82) is 0 Å². The van der Waals surface area contributed by atoms with Gasteiger partial charge in [0.2, 0.25) is 5.89 Å². The van der Waals surface area contributed by atoms with Crippen molar-refractivity contribution in [2.45, 2.75) is 18.9 Å². The van der Waals surface area contributed by atoms with Gasteiger partial charge in [0.05, 0.1) is 28.9 Å². The average molecular weight is 450 g/mol. The van der Waals surface area contributed by atoms with Gasteiger partial charge in [-0.3, -0.25) is 24.6 Å². The summed E-state index contributed by atoms with van der Waals surface area (Å²) >= 11 is 0. The Bertz CT molecular complexity index is 1220. The van der Waals surface area contributed by atoms with Crippen LogP contribution in [-0.2, 0) is 4.74 Å². The van der Waals surface area contributed by atoms with Crippen LogP contribution in [0.4, 0.5) is 10.5 Å². The summed E-state index contributed by atoms with van der Waals surface area (Å²) in [6.07, 6.45) is 0.902. The maximum Gasteiger partial charge on any atom is 0.404 e. The van der Waals surface area contributed by atoms with E-state index >= 15 is 0 Å². The van der Waals surface area contributed by atoms with Gasteiger partial charge < -0.3 is 14.9 Å². The number of nitro benzene ring substituents is 1. The van der Waals surface area contributed by atoms with Crippen molar-refractivity contribution in [1.82, 2.24) is 9.88 Å². The fraction of sp³-hybridized carbons (Fsp3) is 0.182. The number of ether oxygens (including phenoxy) is 1. The lowest BCUT2D eigenvalue weighted by Crippen LogP contribution is -2.34. The minimum Gasteiger partial charge on any atom is -0.450 e. The quantitative estimate of drug-likeness (QED) is 0.236. The summed E-state index contributed by atoms with van der Waals surface area (Å²) in [5, 5.41) is 11.1. The minimum absolute atomic E-state index is 0.0204. The number of hydrogen-bond acceptors (Lipinski definition) is 8. The molecule has 11 nitrogen and oxygen atoms in total. The number of benzene rings is 2. The first-order chi connectivity index (χ1) is 15.9. The molecule has 33 heavy (non-hydrogen) atoms. The molecule has 4 rings (SSSR count). The Balaban J connectivity index is 1.66. The number of imide groups is 1. The Labute approximate surface area is 186 Å². The molecular formula is C22H18N4O7. The number of rotatable bonds is 8. The van der Waals surface area contributed by atoms with Crippen LogP contribution in [-0.4, -0.2) is 39.3 Å². The number of nitrogens with zero attached hydrogens (tertiary/aromatic N) is 3. The first-order valence-electron chi connectivity index (χ1n) is 9.96. The van der Waals surface area contributed by atoms with E-state index in [1.165, 1.54) is 24.4 Å². The standard InChI is InChI=1S/C22H18N4O7/c23-22(29)32-10-4-9-17(25-20(27)15-7-1-2-8-16(15)21(25)28)19-24-12-18(33-19)13-5-3-6-14(11-13)26(30)31/h1-3,5-8,11-12,17H,4,9-10H2,(H2,23,29). The van der Waals surface area contributed by atoms with Crippen LogP contribution < -0.4 is 5.73 Å². The highest BCUT2D eigenvalue weighted by Gasteiger charge is 2.42. The lowest BCUT2D eigenvalue weighted by Gasteiger charge is -2.23. The molecule has 0 aliphatic carbocycles. The van der Waals surface area contributed by atoms with Crippen LogP contribution in [0.15, 0.2) is 59.1 Å². The van der Waals surface area contributed by atoms with Gasteiger partial charge in [-0.1, -0.05) is 24.3 Å². The number of fused-ring (bicyclic) bond motifs is 1. The summed E-state index contributed by atoms with van der Waals surface area (Å²) in [5.41, 5.74) is 5.82. The fourth-order valence-electron chi connectivity index (χ4n) is 3.65. The van der Waals surface area contributed by atoms with Crippen molar-refractivity contribution in [3.8, 4) is 11.3 Å². The van der Waals surface area contributed by atoms with E-state index in [4.69, 9.17) is 14.9 Å². The van der Waals surface area contributed by atoms with Gasteiger partial charge in [0.1, 0.15) is 6.04 Å². The van der Waals surface area contributed by atoms with Crippen LogP contribution in [0.3, 0.4) is 0 Å². The molecule has 0 radical (unpaired) electrons. The molecule has 0 bridgehead atoms. The van der Waals surface area contributed by atoms with Gasteiger partial charge in [0.25, 0.3) is 17.5 Å². The van der Waals surface area contributed by atoms with Crippen LogP contribution in [0, 0.1) is 10.1 Å². The number of nitro groups is 1. The van der Waals surface area contributed by atoms with Gasteiger partial charge in [0.15, 0.2) is 5.76 Å². The van der Waals surface area contributed by atoms with E-state index in [0.717, 1.165) is 4.90 Å². The third kappa shape index (κ3) is 4.28. The molecule has 1 atom stereocenters. The molecule has 0 saturated heterocycles. The minimum atomic E-state index is -0.934. The van der Waals surface area contributed by atoms with Crippen molar-refractivity contribution in [3.05, 3.63) is 81.9 Å².